The quantitative estimate of drug-likeness (QED) is 0.165. The van der Waals surface area contributed by atoms with E-state index >= 15 is 0 Å². The first-order valence-electron chi connectivity index (χ1n) is 10.9. The molecule has 4 rings (SSSR count). The van der Waals surface area contributed by atoms with E-state index in [0.717, 1.165) is 9.15 Å². The summed E-state index contributed by atoms with van der Waals surface area (Å²) in [5.41, 5.74) is 0.750. The van der Waals surface area contributed by atoms with Crippen molar-refractivity contribution in [3.63, 3.8) is 0 Å². The van der Waals surface area contributed by atoms with Gasteiger partial charge in [0, 0.05) is 22.5 Å². The van der Waals surface area contributed by atoms with Gasteiger partial charge in [-0.05, 0) is 42.0 Å². The van der Waals surface area contributed by atoms with Crippen LogP contribution >= 0.6 is 27.5 Å². The van der Waals surface area contributed by atoms with Gasteiger partial charge in [0.15, 0.2) is 0 Å². The van der Waals surface area contributed by atoms with Gasteiger partial charge in [0.2, 0.25) is 5.75 Å². The fourth-order valence-corrected chi connectivity index (χ4v) is 4.16. The lowest BCUT2D eigenvalue weighted by molar-refractivity contribution is -0.385. The van der Waals surface area contributed by atoms with Crippen LogP contribution in [0.15, 0.2) is 69.0 Å². The Labute approximate surface area is 223 Å². The number of benzene rings is 3. The van der Waals surface area contributed by atoms with Crippen LogP contribution in [0.5, 0.6) is 5.75 Å². The Morgan fingerprint density at radius 1 is 1.24 bits per heavy atom. The number of nitro benzene ring substituents is 1. The number of ether oxygens (including phenoxy) is 1. The number of hydrogen-bond donors (Lipinski definition) is 1. The highest BCUT2D eigenvalue weighted by molar-refractivity contribution is 9.10. The molecule has 0 aliphatic carbocycles. The Balaban J connectivity index is 1.66. The Morgan fingerprint density at radius 2 is 1.97 bits per heavy atom. The molecule has 0 saturated carbocycles. The lowest BCUT2D eigenvalue weighted by Crippen LogP contribution is -2.22. The fraction of sp³-hybridized carbons (Fsp3) is 0.120. The number of rotatable bonds is 8. The van der Waals surface area contributed by atoms with Crippen LogP contribution in [0.4, 0.5) is 5.69 Å². The summed E-state index contributed by atoms with van der Waals surface area (Å²) >= 11 is 9.67. The van der Waals surface area contributed by atoms with E-state index in [4.69, 9.17) is 21.4 Å². The summed E-state index contributed by atoms with van der Waals surface area (Å²) in [6.07, 6.45) is 1.72. The van der Waals surface area contributed by atoms with E-state index < -0.39 is 10.9 Å². The highest BCUT2D eigenvalue weighted by Crippen LogP contribution is 2.36. The van der Waals surface area contributed by atoms with Gasteiger partial charge >= 0.3 is 11.7 Å². The zero-order valence-corrected chi connectivity index (χ0v) is 21.6. The molecule has 0 bridgehead atoms. The average molecular weight is 586 g/mol. The molecule has 1 aromatic heterocycles. The van der Waals surface area contributed by atoms with Crippen molar-refractivity contribution in [1.29, 1.82) is 0 Å². The summed E-state index contributed by atoms with van der Waals surface area (Å²) in [6.45, 7) is 1.77. The predicted octanol–water partition coefficient (Wildman–Crippen LogP) is 5.44. The molecule has 0 atom stereocenters. The topological polar surface area (TPSA) is 137 Å². The summed E-state index contributed by atoms with van der Waals surface area (Å²) in [5.74, 6) is -0.788. The molecule has 0 aliphatic rings. The summed E-state index contributed by atoms with van der Waals surface area (Å²) in [7, 11) is 0. The molecule has 1 N–H and O–H groups in total. The molecule has 12 heteroatoms. The van der Waals surface area contributed by atoms with Gasteiger partial charge in [-0.1, -0.05) is 46.6 Å². The maximum atomic E-state index is 13.1. The lowest BCUT2D eigenvalue weighted by Gasteiger charge is -2.10. The molecule has 0 spiro atoms. The monoisotopic (exact) mass is 584 g/mol. The van der Waals surface area contributed by atoms with E-state index in [2.05, 4.69) is 26.0 Å². The third-order valence-electron chi connectivity index (χ3n) is 5.34. The minimum absolute atomic E-state index is 0.0264. The summed E-state index contributed by atoms with van der Waals surface area (Å²) in [6, 6.07) is 13.7. The smallest absolute Gasteiger partial charge is 0.335 e. The molecule has 0 unspecified atom stereocenters. The Morgan fingerprint density at radius 3 is 2.62 bits per heavy atom. The van der Waals surface area contributed by atoms with E-state index in [0.29, 0.717) is 28.7 Å². The molecule has 10 nitrogen and oxygen atoms in total. The molecule has 0 fully saturated rings. The van der Waals surface area contributed by atoms with Crippen LogP contribution in [-0.2, 0) is 13.0 Å². The molecule has 0 aliphatic heterocycles. The number of hydrogen-bond acceptors (Lipinski definition) is 7. The number of fused-ring (bicyclic) bond motifs is 1. The second kappa shape index (κ2) is 10.9. The van der Waals surface area contributed by atoms with Gasteiger partial charge < -0.3 is 9.84 Å². The van der Waals surface area contributed by atoms with Crippen molar-refractivity contribution in [3.8, 4) is 5.75 Å². The second-order valence-electron chi connectivity index (χ2n) is 7.80. The summed E-state index contributed by atoms with van der Waals surface area (Å²) < 4.78 is 7.48. The molecule has 0 saturated heterocycles. The summed E-state index contributed by atoms with van der Waals surface area (Å²) in [4.78, 5) is 39.7. The molecule has 0 radical (unpaired) electrons. The number of aromatic carboxylic acids is 1. The van der Waals surface area contributed by atoms with E-state index in [1.807, 2.05) is 6.92 Å². The highest BCUT2D eigenvalue weighted by Gasteiger charge is 2.21. The molecular formula is C25H18BrClN4O6. The van der Waals surface area contributed by atoms with Gasteiger partial charge in [-0.25, -0.2) is 9.78 Å². The van der Waals surface area contributed by atoms with Crippen molar-refractivity contribution in [2.45, 2.75) is 20.0 Å². The maximum Gasteiger partial charge on any atom is 0.335 e. The number of carboxylic acid groups (broad SMARTS) is 1. The number of carboxylic acids is 1. The lowest BCUT2D eigenvalue weighted by atomic mass is 10.1. The Kier molecular flexibility index (Phi) is 7.65. The summed E-state index contributed by atoms with van der Waals surface area (Å²) in [5, 5.41) is 25.3. The molecule has 4 aromatic rings. The van der Waals surface area contributed by atoms with E-state index in [9.17, 15) is 19.7 Å². The minimum Gasteiger partial charge on any atom is -0.481 e. The van der Waals surface area contributed by atoms with Crippen LogP contribution in [0.2, 0.25) is 5.02 Å². The van der Waals surface area contributed by atoms with Crippen molar-refractivity contribution in [3.05, 3.63) is 107 Å². The molecule has 188 valence electrons. The normalized spacial score (nSPS) is 11.2. The van der Waals surface area contributed by atoms with Gasteiger partial charge in [-0.15, -0.1) is 0 Å². The second-order valence-corrected chi connectivity index (χ2v) is 9.13. The van der Waals surface area contributed by atoms with E-state index in [-0.39, 0.29) is 39.8 Å². The molecule has 1 heterocycles. The maximum absolute atomic E-state index is 13.1. The number of carbonyl (C=O) groups is 1. The first-order valence-corrected chi connectivity index (χ1v) is 12.0. The van der Waals surface area contributed by atoms with E-state index in [1.54, 1.807) is 30.3 Å². The van der Waals surface area contributed by atoms with Crippen LogP contribution in [0.1, 0.15) is 34.2 Å². The van der Waals surface area contributed by atoms with Crippen LogP contribution in [-0.4, -0.2) is 31.9 Å². The number of nitrogens with zero attached hydrogens (tertiary/aromatic N) is 4. The van der Waals surface area contributed by atoms with Crippen LogP contribution in [0.25, 0.3) is 10.9 Å². The molecule has 37 heavy (non-hydrogen) atoms. The van der Waals surface area contributed by atoms with Crippen LogP contribution in [0, 0.1) is 10.1 Å². The number of nitro groups is 1. The SMILES string of the molecule is CCc1nc2ccc(Br)cc2c(=O)n1N=Cc1cc(Cl)c(OCc2ccc(C(=O)O)cc2)c([N+](=O)[O-])c1. The zero-order chi connectivity index (χ0) is 26.7. The van der Waals surface area contributed by atoms with Gasteiger partial charge in [0.05, 0.1) is 32.6 Å². The first kappa shape index (κ1) is 26.0. The first-order chi connectivity index (χ1) is 17.7. The van der Waals surface area contributed by atoms with Gasteiger partial charge in [0.1, 0.15) is 12.4 Å². The van der Waals surface area contributed by atoms with Gasteiger partial charge in [-0.2, -0.15) is 9.78 Å². The zero-order valence-electron chi connectivity index (χ0n) is 19.2. The third kappa shape index (κ3) is 5.68. The Bertz CT molecular complexity index is 1620. The number of aryl methyl sites for hydroxylation is 1. The molecular weight excluding hydrogens is 568 g/mol. The van der Waals surface area contributed by atoms with Crippen molar-refractivity contribution in [1.82, 2.24) is 9.66 Å². The third-order valence-corrected chi connectivity index (χ3v) is 6.11. The van der Waals surface area contributed by atoms with Crippen LogP contribution in [0.3, 0.4) is 0 Å². The molecule has 0 amide bonds. The minimum atomic E-state index is -1.07. The van der Waals surface area contributed by atoms with Crippen molar-refractivity contribution in [2.75, 3.05) is 0 Å². The Hall–Kier alpha value is -4.09. The number of halogens is 2. The molecule has 3 aromatic carbocycles. The van der Waals surface area contributed by atoms with Gasteiger partial charge in [0.25, 0.3) is 5.56 Å². The fourth-order valence-electron chi connectivity index (χ4n) is 3.52. The van der Waals surface area contributed by atoms with E-state index in [1.165, 1.54) is 30.5 Å². The highest BCUT2D eigenvalue weighted by atomic mass is 79.9. The van der Waals surface area contributed by atoms with Crippen molar-refractivity contribution >= 4 is 56.3 Å². The largest absolute Gasteiger partial charge is 0.481 e. The van der Waals surface area contributed by atoms with Crippen molar-refractivity contribution in [2.24, 2.45) is 5.10 Å². The van der Waals surface area contributed by atoms with Gasteiger partial charge in [-0.3, -0.25) is 14.9 Å². The van der Waals surface area contributed by atoms with Crippen molar-refractivity contribution < 1.29 is 19.6 Å². The number of aromatic nitrogens is 2. The average Bonchev–Trinajstić information content (AvgIpc) is 2.87. The standard InChI is InChI=1S/C25H18BrClN4O6/c1-2-22-29-20-8-7-17(26)11-18(20)24(32)30(22)28-12-15-9-19(27)23(21(10-15)31(35)36)37-13-14-3-5-16(6-4-14)25(33)34/h3-12H,2,13H2,1H3,(H,33,34). The predicted molar refractivity (Wildman–Crippen MR) is 142 cm³/mol. The van der Waals surface area contributed by atoms with Crippen LogP contribution < -0.4 is 10.3 Å².